The topological polar surface area (TPSA) is 51.2 Å². The molecule has 1 aromatic heterocycles. The zero-order valence-electron chi connectivity index (χ0n) is 17.5. The molecule has 0 fully saturated rings. The average molecular weight is 418 g/mol. The molecule has 32 heavy (non-hydrogen) atoms. The minimum Gasteiger partial charge on any atom is -0.449 e. The van der Waals surface area contributed by atoms with Crippen LogP contribution in [0.25, 0.3) is 21.9 Å². The predicted molar refractivity (Wildman–Crippen MR) is 126 cm³/mol. The highest BCUT2D eigenvalue weighted by Crippen LogP contribution is 2.44. The molecule has 0 aliphatic heterocycles. The molecule has 4 aromatic rings. The normalized spacial score (nSPS) is 11.9. The minimum absolute atomic E-state index is 0.0605. The summed E-state index contributed by atoms with van der Waals surface area (Å²) in [5.41, 5.74) is 5.60. The van der Waals surface area contributed by atoms with Crippen molar-refractivity contribution in [2.75, 3.05) is 13.2 Å². The summed E-state index contributed by atoms with van der Waals surface area (Å²) in [5.74, 6) is 6.26. The highest BCUT2D eigenvalue weighted by molar-refractivity contribution is 5.86. The zero-order valence-corrected chi connectivity index (χ0v) is 17.5. The molecule has 1 N–H and O–H groups in total. The number of carbonyl (C=O) groups excluding carboxylic acids is 1. The average Bonchev–Trinajstić information content (AvgIpc) is 3.16. The lowest BCUT2D eigenvalue weighted by molar-refractivity contribution is 0.143. The van der Waals surface area contributed by atoms with E-state index in [0.29, 0.717) is 19.6 Å². The van der Waals surface area contributed by atoms with Crippen LogP contribution >= 0.6 is 0 Å². The van der Waals surface area contributed by atoms with E-state index in [9.17, 15) is 4.79 Å². The van der Waals surface area contributed by atoms with E-state index in [4.69, 9.17) is 4.74 Å². The number of nitrogens with one attached hydrogen (secondary N) is 1. The first-order valence-electron chi connectivity index (χ1n) is 10.7. The van der Waals surface area contributed by atoms with Gasteiger partial charge in [0.25, 0.3) is 0 Å². The van der Waals surface area contributed by atoms with E-state index >= 15 is 0 Å². The third-order valence-corrected chi connectivity index (χ3v) is 5.74. The van der Waals surface area contributed by atoms with Gasteiger partial charge in [0, 0.05) is 30.5 Å². The molecule has 3 aromatic carbocycles. The predicted octanol–water partition coefficient (Wildman–Crippen LogP) is 5.52. The number of pyridine rings is 1. The maximum absolute atomic E-state index is 12.2. The number of nitrogens with zero attached hydrogens (tertiary/aromatic N) is 1. The molecule has 4 nitrogen and oxygen atoms in total. The lowest BCUT2D eigenvalue weighted by Crippen LogP contribution is -2.26. The Morgan fingerprint density at radius 1 is 0.906 bits per heavy atom. The van der Waals surface area contributed by atoms with Crippen LogP contribution in [0.4, 0.5) is 4.79 Å². The van der Waals surface area contributed by atoms with Gasteiger partial charge in [-0.1, -0.05) is 78.7 Å². The van der Waals surface area contributed by atoms with Gasteiger partial charge in [0.15, 0.2) is 0 Å². The number of fused-ring (bicyclic) bond motifs is 4. The Morgan fingerprint density at radius 3 is 2.38 bits per heavy atom. The van der Waals surface area contributed by atoms with Crippen LogP contribution in [0.15, 0.2) is 85.1 Å². The number of hydrogen-bond acceptors (Lipinski definition) is 3. The highest BCUT2D eigenvalue weighted by Gasteiger charge is 2.28. The summed E-state index contributed by atoms with van der Waals surface area (Å²) in [6, 6.07) is 26.6. The molecule has 0 radical (unpaired) electrons. The van der Waals surface area contributed by atoms with Crippen LogP contribution in [0.3, 0.4) is 0 Å². The van der Waals surface area contributed by atoms with Gasteiger partial charge in [0.1, 0.15) is 12.3 Å². The fourth-order valence-corrected chi connectivity index (χ4v) is 4.24. The second kappa shape index (κ2) is 8.95. The molecule has 4 heteroatoms. The zero-order chi connectivity index (χ0) is 21.8. The first-order chi connectivity index (χ1) is 15.8. The monoisotopic (exact) mass is 418 g/mol. The van der Waals surface area contributed by atoms with E-state index in [0.717, 1.165) is 16.5 Å². The van der Waals surface area contributed by atoms with Crippen molar-refractivity contribution in [3.8, 4) is 23.0 Å². The number of alkyl carbamates (subject to hydrolysis) is 1. The number of aromatic nitrogens is 1. The van der Waals surface area contributed by atoms with Gasteiger partial charge in [0.2, 0.25) is 0 Å². The molecule has 1 heterocycles. The lowest BCUT2D eigenvalue weighted by Gasteiger charge is -2.14. The first kappa shape index (κ1) is 19.8. The van der Waals surface area contributed by atoms with Crippen molar-refractivity contribution in [3.05, 3.63) is 102 Å². The number of ether oxygens (including phenoxy) is 1. The van der Waals surface area contributed by atoms with Gasteiger partial charge in [-0.25, -0.2) is 9.78 Å². The molecule has 0 unspecified atom stereocenters. The molecule has 0 spiro atoms. The van der Waals surface area contributed by atoms with E-state index in [-0.39, 0.29) is 5.92 Å². The Morgan fingerprint density at radius 2 is 1.59 bits per heavy atom. The molecule has 5 rings (SSSR count). The minimum atomic E-state index is -0.419. The second-order valence-electron chi connectivity index (χ2n) is 7.68. The van der Waals surface area contributed by atoms with Crippen LogP contribution in [-0.4, -0.2) is 24.2 Å². The Hall–Kier alpha value is -4.10. The van der Waals surface area contributed by atoms with E-state index in [1.165, 1.54) is 22.3 Å². The van der Waals surface area contributed by atoms with Gasteiger partial charge in [-0.3, -0.25) is 0 Å². The van der Waals surface area contributed by atoms with Gasteiger partial charge in [-0.05, 0) is 39.6 Å². The van der Waals surface area contributed by atoms with Gasteiger partial charge in [-0.15, -0.1) is 0 Å². The Balaban J connectivity index is 1.16. The SMILES string of the molecule is O=C(NCCC#Cc1nccc2ccccc12)OCC1c2ccccc2-c2ccccc21. The molecule has 0 bridgehead atoms. The summed E-state index contributed by atoms with van der Waals surface area (Å²) < 4.78 is 5.55. The van der Waals surface area contributed by atoms with Crippen LogP contribution in [-0.2, 0) is 4.74 Å². The largest absolute Gasteiger partial charge is 0.449 e. The smallest absolute Gasteiger partial charge is 0.407 e. The first-order valence-corrected chi connectivity index (χ1v) is 10.7. The molecule has 0 atom stereocenters. The van der Waals surface area contributed by atoms with Crippen molar-refractivity contribution in [1.29, 1.82) is 0 Å². The standard InChI is InChI=1S/C28H22N2O2/c31-28(30-17-8-7-15-27-21-10-2-1-9-20(21)16-18-29-27)32-19-26-24-13-5-3-11-22(24)23-12-4-6-14-25(23)26/h1-6,9-14,16,18,26H,8,17,19H2,(H,30,31). The third-order valence-electron chi connectivity index (χ3n) is 5.74. The fourth-order valence-electron chi connectivity index (χ4n) is 4.24. The second-order valence-corrected chi connectivity index (χ2v) is 7.68. The number of benzene rings is 3. The van der Waals surface area contributed by atoms with E-state index in [1.807, 2.05) is 54.6 Å². The molecule has 1 aliphatic carbocycles. The van der Waals surface area contributed by atoms with Crippen molar-refractivity contribution in [1.82, 2.24) is 10.3 Å². The molecule has 0 saturated heterocycles. The summed E-state index contributed by atoms with van der Waals surface area (Å²) in [5, 5.41) is 4.94. The van der Waals surface area contributed by atoms with Crippen LogP contribution in [0.1, 0.15) is 29.2 Å². The highest BCUT2D eigenvalue weighted by atomic mass is 16.5. The van der Waals surface area contributed by atoms with E-state index < -0.39 is 6.09 Å². The number of hydrogen-bond donors (Lipinski definition) is 1. The number of rotatable bonds is 4. The number of amides is 1. The Labute approximate surface area is 187 Å². The van der Waals surface area contributed by atoms with Crippen LogP contribution < -0.4 is 5.32 Å². The lowest BCUT2D eigenvalue weighted by atomic mass is 9.98. The molecular formula is C28H22N2O2. The Bertz CT molecular complexity index is 1300. The summed E-state index contributed by atoms with van der Waals surface area (Å²) in [6.45, 7) is 0.736. The fraction of sp³-hybridized carbons (Fsp3) is 0.143. The maximum atomic E-state index is 12.2. The van der Waals surface area contributed by atoms with Gasteiger partial charge >= 0.3 is 6.09 Å². The molecule has 0 saturated carbocycles. The molecule has 156 valence electrons. The molecular weight excluding hydrogens is 396 g/mol. The van der Waals surface area contributed by atoms with Crippen molar-refractivity contribution < 1.29 is 9.53 Å². The quantitative estimate of drug-likeness (QED) is 0.351. The third kappa shape index (κ3) is 3.93. The Kier molecular flexibility index (Phi) is 5.55. The summed E-state index contributed by atoms with van der Waals surface area (Å²) in [4.78, 5) is 16.6. The van der Waals surface area contributed by atoms with Gasteiger partial charge < -0.3 is 10.1 Å². The summed E-state index contributed by atoms with van der Waals surface area (Å²) >= 11 is 0. The van der Waals surface area contributed by atoms with Gasteiger partial charge in [0.05, 0.1) is 0 Å². The maximum Gasteiger partial charge on any atom is 0.407 e. The van der Waals surface area contributed by atoms with E-state index in [2.05, 4.69) is 46.4 Å². The molecule has 1 amide bonds. The van der Waals surface area contributed by atoms with E-state index in [1.54, 1.807) is 6.20 Å². The van der Waals surface area contributed by atoms with Crippen molar-refractivity contribution >= 4 is 16.9 Å². The van der Waals surface area contributed by atoms with Gasteiger partial charge in [-0.2, -0.15) is 0 Å². The van der Waals surface area contributed by atoms with Crippen molar-refractivity contribution in [3.63, 3.8) is 0 Å². The summed E-state index contributed by atoms with van der Waals surface area (Å²) in [6.07, 6.45) is 1.87. The summed E-state index contributed by atoms with van der Waals surface area (Å²) in [7, 11) is 0. The van der Waals surface area contributed by atoms with Crippen molar-refractivity contribution in [2.24, 2.45) is 0 Å². The van der Waals surface area contributed by atoms with Crippen LogP contribution in [0, 0.1) is 11.8 Å². The van der Waals surface area contributed by atoms with Crippen molar-refractivity contribution in [2.45, 2.75) is 12.3 Å². The van der Waals surface area contributed by atoms with Crippen LogP contribution in [0.5, 0.6) is 0 Å². The molecule has 1 aliphatic rings. The van der Waals surface area contributed by atoms with Crippen LogP contribution in [0.2, 0.25) is 0 Å². The number of carbonyl (C=O) groups is 1.